The fraction of sp³-hybridized carbons (Fsp3) is 0.111. The van der Waals surface area contributed by atoms with Gasteiger partial charge in [0.25, 0.3) is 0 Å². The van der Waals surface area contributed by atoms with Crippen LogP contribution in [0.1, 0.15) is 5.56 Å². The van der Waals surface area contributed by atoms with Crippen LogP contribution in [0.5, 0.6) is 0 Å². The van der Waals surface area contributed by atoms with E-state index in [2.05, 4.69) is 42.4 Å². The fourth-order valence-corrected chi connectivity index (χ4v) is 4.33. The van der Waals surface area contributed by atoms with Gasteiger partial charge in [0.1, 0.15) is 5.69 Å². The van der Waals surface area contributed by atoms with Gasteiger partial charge in [-0.05, 0) is 36.1 Å². The first kappa shape index (κ1) is 20.3. The first-order valence-electron chi connectivity index (χ1n) is 11.2. The number of hydrogen-bond donors (Lipinski definition) is 1. The molecule has 3 heterocycles. The summed E-state index contributed by atoms with van der Waals surface area (Å²) in [6.45, 7) is 2.53. The number of aliphatic hydroxyl groups excluding tert-OH is 1. The molecule has 0 aliphatic heterocycles. The highest BCUT2D eigenvalue weighted by Crippen LogP contribution is 2.30. The van der Waals surface area contributed by atoms with Gasteiger partial charge in [-0.15, -0.1) is 5.10 Å². The average molecular weight is 447 g/mol. The van der Waals surface area contributed by atoms with Crippen molar-refractivity contribution in [3.63, 3.8) is 0 Å². The van der Waals surface area contributed by atoms with Gasteiger partial charge in [0.2, 0.25) is 0 Å². The minimum Gasteiger partial charge on any atom is -0.394 e. The Kier molecular flexibility index (Phi) is 4.89. The van der Waals surface area contributed by atoms with Crippen molar-refractivity contribution in [1.29, 1.82) is 0 Å². The van der Waals surface area contributed by atoms with E-state index in [-0.39, 0.29) is 6.61 Å². The standard InChI is InChI=1S/C27H22N6O/c1-18-15-24(29-23-11-5-4-9-21(18)23)27-30-26(20-16-28-32(17-20)13-14-34)31-33(27)25-12-6-8-19-7-2-3-10-22(19)25/h2-12,15-17,34H,13-14H2,1H3. The Bertz CT molecular complexity index is 1640. The largest absolute Gasteiger partial charge is 0.394 e. The zero-order valence-electron chi connectivity index (χ0n) is 18.6. The molecule has 0 unspecified atom stereocenters. The van der Waals surface area contributed by atoms with Gasteiger partial charge in [-0.3, -0.25) is 4.68 Å². The Balaban J connectivity index is 1.60. The molecule has 0 atom stereocenters. The molecule has 1 N–H and O–H groups in total. The Morgan fingerprint density at radius 2 is 1.68 bits per heavy atom. The number of para-hydroxylation sites is 1. The van der Waals surface area contributed by atoms with Gasteiger partial charge >= 0.3 is 0 Å². The summed E-state index contributed by atoms with van der Waals surface area (Å²) in [5, 5.41) is 21.8. The summed E-state index contributed by atoms with van der Waals surface area (Å²) in [5.74, 6) is 1.22. The van der Waals surface area contributed by atoms with E-state index in [0.29, 0.717) is 18.2 Å². The summed E-state index contributed by atoms with van der Waals surface area (Å²) in [4.78, 5) is 9.87. The van der Waals surface area contributed by atoms with Crippen LogP contribution in [0, 0.1) is 6.92 Å². The van der Waals surface area contributed by atoms with Crippen LogP contribution >= 0.6 is 0 Å². The number of aromatic nitrogens is 6. The van der Waals surface area contributed by atoms with E-state index in [9.17, 15) is 5.11 Å². The van der Waals surface area contributed by atoms with Crippen LogP contribution in [0.25, 0.3) is 50.3 Å². The number of rotatable bonds is 5. The maximum Gasteiger partial charge on any atom is 0.185 e. The third-order valence-electron chi connectivity index (χ3n) is 5.97. The summed E-state index contributed by atoms with van der Waals surface area (Å²) in [5.41, 5.74) is 4.52. The maximum absolute atomic E-state index is 9.25. The third kappa shape index (κ3) is 3.43. The maximum atomic E-state index is 9.25. The molecule has 34 heavy (non-hydrogen) atoms. The van der Waals surface area contributed by atoms with E-state index in [4.69, 9.17) is 15.1 Å². The van der Waals surface area contributed by atoms with Crippen molar-refractivity contribution in [2.45, 2.75) is 13.5 Å². The number of benzene rings is 3. The second-order valence-corrected chi connectivity index (χ2v) is 8.23. The molecule has 0 spiro atoms. The first-order chi connectivity index (χ1) is 16.7. The normalized spacial score (nSPS) is 11.5. The number of fused-ring (bicyclic) bond motifs is 2. The van der Waals surface area contributed by atoms with Crippen molar-refractivity contribution in [3.8, 4) is 28.6 Å². The van der Waals surface area contributed by atoms with E-state index in [1.165, 1.54) is 0 Å². The molecule has 166 valence electrons. The third-order valence-corrected chi connectivity index (χ3v) is 5.97. The molecule has 0 aliphatic carbocycles. The summed E-state index contributed by atoms with van der Waals surface area (Å²) in [6, 6.07) is 24.6. The van der Waals surface area contributed by atoms with Crippen molar-refractivity contribution in [1.82, 2.24) is 29.5 Å². The average Bonchev–Trinajstić information content (AvgIpc) is 3.51. The van der Waals surface area contributed by atoms with Gasteiger partial charge in [0, 0.05) is 17.0 Å². The molecule has 0 saturated heterocycles. The number of pyridine rings is 1. The quantitative estimate of drug-likeness (QED) is 0.411. The summed E-state index contributed by atoms with van der Waals surface area (Å²) in [6.07, 6.45) is 3.57. The lowest BCUT2D eigenvalue weighted by Crippen LogP contribution is -2.02. The number of aliphatic hydroxyl groups is 1. The van der Waals surface area contributed by atoms with Gasteiger partial charge in [0.15, 0.2) is 11.6 Å². The Labute approximate surface area is 196 Å². The predicted octanol–water partition coefficient (Wildman–Crippen LogP) is 4.80. The lowest BCUT2D eigenvalue weighted by Gasteiger charge is -2.10. The van der Waals surface area contributed by atoms with E-state index < -0.39 is 0 Å². The lowest BCUT2D eigenvalue weighted by molar-refractivity contribution is 0.269. The van der Waals surface area contributed by atoms with E-state index in [0.717, 1.165) is 44.2 Å². The van der Waals surface area contributed by atoms with Crippen molar-refractivity contribution in [3.05, 3.63) is 90.8 Å². The first-order valence-corrected chi connectivity index (χ1v) is 11.2. The van der Waals surface area contributed by atoms with Gasteiger partial charge in [0.05, 0.1) is 36.1 Å². The van der Waals surface area contributed by atoms with Gasteiger partial charge in [-0.25, -0.2) is 14.6 Å². The van der Waals surface area contributed by atoms with Crippen molar-refractivity contribution in [2.75, 3.05) is 6.61 Å². The second-order valence-electron chi connectivity index (χ2n) is 8.23. The van der Waals surface area contributed by atoms with Crippen LogP contribution in [0.4, 0.5) is 0 Å². The van der Waals surface area contributed by atoms with Crippen LogP contribution < -0.4 is 0 Å². The monoisotopic (exact) mass is 446 g/mol. The van der Waals surface area contributed by atoms with Crippen molar-refractivity contribution >= 4 is 21.7 Å². The predicted molar refractivity (Wildman–Crippen MR) is 133 cm³/mol. The highest BCUT2D eigenvalue weighted by molar-refractivity contribution is 5.91. The topological polar surface area (TPSA) is 81.6 Å². The molecule has 6 aromatic rings. The lowest BCUT2D eigenvalue weighted by atomic mass is 10.1. The molecule has 7 heteroatoms. The van der Waals surface area contributed by atoms with Gasteiger partial charge in [-0.1, -0.05) is 54.6 Å². The molecular weight excluding hydrogens is 424 g/mol. The van der Waals surface area contributed by atoms with Crippen molar-refractivity contribution in [2.24, 2.45) is 0 Å². The molecule has 3 aromatic heterocycles. The Morgan fingerprint density at radius 1 is 0.882 bits per heavy atom. The van der Waals surface area contributed by atoms with Crippen LogP contribution in [-0.2, 0) is 6.54 Å². The smallest absolute Gasteiger partial charge is 0.185 e. The molecule has 0 aliphatic rings. The Hall–Kier alpha value is -4.36. The number of nitrogens with zero attached hydrogens (tertiary/aromatic N) is 6. The van der Waals surface area contributed by atoms with E-state index in [1.807, 2.05) is 53.3 Å². The van der Waals surface area contributed by atoms with Crippen LogP contribution in [0.2, 0.25) is 0 Å². The van der Waals surface area contributed by atoms with Crippen LogP contribution in [-0.4, -0.2) is 41.2 Å². The molecule has 7 nitrogen and oxygen atoms in total. The molecule has 0 radical (unpaired) electrons. The summed E-state index contributed by atoms with van der Waals surface area (Å²) in [7, 11) is 0. The summed E-state index contributed by atoms with van der Waals surface area (Å²) < 4.78 is 3.56. The minimum atomic E-state index is 0.0184. The second kappa shape index (κ2) is 8.20. The molecule has 0 bridgehead atoms. The molecule has 0 fully saturated rings. The van der Waals surface area contributed by atoms with E-state index in [1.54, 1.807) is 10.9 Å². The molecule has 0 saturated carbocycles. The molecular formula is C27H22N6O. The number of hydrogen-bond acceptors (Lipinski definition) is 5. The number of aryl methyl sites for hydroxylation is 1. The highest BCUT2D eigenvalue weighted by atomic mass is 16.3. The van der Waals surface area contributed by atoms with Gasteiger partial charge in [-0.2, -0.15) is 5.10 Å². The highest BCUT2D eigenvalue weighted by Gasteiger charge is 2.19. The van der Waals surface area contributed by atoms with E-state index >= 15 is 0 Å². The summed E-state index contributed by atoms with van der Waals surface area (Å²) >= 11 is 0. The fourth-order valence-electron chi connectivity index (χ4n) is 4.33. The zero-order chi connectivity index (χ0) is 23.1. The molecule has 6 rings (SSSR count). The molecule has 0 amide bonds. The molecule has 3 aromatic carbocycles. The Morgan fingerprint density at radius 3 is 2.56 bits per heavy atom. The minimum absolute atomic E-state index is 0.0184. The zero-order valence-corrected chi connectivity index (χ0v) is 18.6. The van der Waals surface area contributed by atoms with Crippen molar-refractivity contribution < 1.29 is 5.11 Å². The van der Waals surface area contributed by atoms with Crippen LogP contribution in [0.3, 0.4) is 0 Å². The van der Waals surface area contributed by atoms with Crippen LogP contribution in [0.15, 0.2) is 85.2 Å². The van der Waals surface area contributed by atoms with Gasteiger partial charge < -0.3 is 5.11 Å². The SMILES string of the molecule is Cc1cc(-c2nc(-c3cnn(CCO)c3)nn2-c2cccc3ccccc23)nc2ccccc12.